The van der Waals surface area contributed by atoms with E-state index in [1.54, 1.807) is 0 Å². The summed E-state index contributed by atoms with van der Waals surface area (Å²) in [6.45, 7) is 5.52. The van der Waals surface area contributed by atoms with Gasteiger partial charge in [0.1, 0.15) is 18.8 Å². The molecule has 0 bridgehead atoms. The van der Waals surface area contributed by atoms with E-state index in [1.807, 2.05) is 30.3 Å². The van der Waals surface area contributed by atoms with E-state index in [0.717, 1.165) is 44.2 Å². The standard InChI is InChI=1S/C17H23N3O3/c18-7-5-17(21)19-8-6-15-3-1-2-4-16(15)23-14-11-20-9-12-22-13-10-20/h1-4H,5-6,8-14H2,(H,19,21). The Morgan fingerprint density at radius 1 is 1.35 bits per heavy atom. The molecule has 0 aromatic heterocycles. The van der Waals surface area contributed by atoms with Crippen molar-refractivity contribution >= 4 is 5.91 Å². The summed E-state index contributed by atoms with van der Waals surface area (Å²) in [7, 11) is 0. The van der Waals surface area contributed by atoms with Gasteiger partial charge in [0, 0.05) is 26.2 Å². The number of nitriles is 1. The molecule has 1 aromatic carbocycles. The number of benzene rings is 1. The van der Waals surface area contributed by atoms with E-state index in [9.17, 15) is 4.79 Å². The average Bonchev–Trinajstić information content (AvgIpc) is 2.57. The number of morpholine rings is 1. The first kappa shape index (κ1) is 17.3. The molecular weight excluding hydrogens is 294 g/mol. The van der Waals surface area contributed by atoms with Gasteiger partial charge in [0.25, 0.3) is 0 Å². The highest BCUT2D eigenvalue weighted by molar-refractivity contribution is 5.77. The number of hydrogen-bond acceptors (Lipinski definition) is 5. The number of rotatable bonds is 8. The fraction of sp³-hybridized carbons (Fsp3) is 0.529. The number of amides is 1. The fourth-order valence-corrected chi connectivity index (χ4v) is 2.43. The molecule has 1 saturated heterocycles. The van der Waals surface area contributed by atoms with Gasteiger partial charge in [0.05, 0.1) is 19.3 Å². The minimum Gasteiger partial charge on any atom is -0.492 e. The largest absolute Gasteiger partial charge is 0.492 e. The molecule has 0 unspecified atom stereocenters. The van der Waals surface area contributed by atoms with Gasteiger partial charge < -0.3 is 14.8 Å². The van der Waals surface area contributed by atoms with Gasteiger partial charge in [-0.15, -0.1) is 0 Å². The second-order valence-corrected chi connectivity index (χ2v) is 5.35. The van der Waals surface area contributed by atoms with Crippen molar-refractivity contribution in [2.24, 2.45) is 0 Å². The molecule has 0 atom stereocenters. The highest BCUT2D eigenvalue weighted by Gasteiger charge is 2.10. The predicted molar refractivity (Wildman–Crippen MR) is 86.1 cm³/mol. The van der Waals surface area contributed by atoms with Crippen LogP contribution in [0.15, 0.2) is 24.3 Å². The number of nitrogens with zero attached hydrogens (tertiary/aromatic N) is 2. The molecule has 1 amide bonds. The number of para-hydroxylation sites is 1. The van der Waals surface area contributed by atoms with Crippen LogP contribution in [0.2, 0.25) is 0 Å². The smallest absolute Gasteiger partial charge is 0.234 e. The monoisotopic (exact) mass is 317 g/mol. The zero-order chi connectivity index (χ0) is 16.3. The van der Waals surface area contributed by atoms with Gasteiger partial charge in [-0.2, -0.15) is 5.26 Å². The summed E-state index contributed by atoms with van der Waals surface area (Å²) in [5.74, 6) is 0.619. The lowest BCUT2D eigenvalue weighted by Gasteiger charge is -2.26. The van der Waals surface area contributed by atoms with Gasteiger partial charge in [-0.3, -0.25) is 9.69 Å². The molecular formula is C17H23N3O3. The maximum Gasteiger partial charge on any atom is 0.234 e. The van der Waals surface area contributed by atoms with Crippen LogP contribution >= 0.6 is 0 Å². The summed E-state index contributed by atoms with van der Waals surface area (Å²) in [5.41, 5.74) is 1.06. The topological polar surface area (TPSA) is 74.6 Å². The number of carbonyl (C=O) groups excluding carboxylic acids is 1. The second-order valence-electron chi connectivity index (χ2n) is 5.35. The molecule has 1 aliphatic heterocycles. The Morgan fingerprint density at radius 3 is 2.91 bits per heavy atom. The number of hydrogen-bond donors (Lipinski definition) is 1. The Labute approximate surface area is 137 Å². The molecule has 0 saturated carbocycles. The van der Waals surface area contributed by atoms with Crippen LogP contribution in [-0.4, -0.2) is 56.8 Å². The van der Waals surface area contributed by atoms with Crippen LogP contribution in [0.3, 0.4) is 0 Å². The summed E-state index contributed by atoms with van der Waals surface area (Å²) in [6, 6.07) is 9.69. The van der Waals surface area contributed by atoms with Crippen molar-refractivity contribution in [3.8, 4) is 11.8 Å². The molecule has 1 aliphatic rings. The van der Waals surface area contributed by atoms with E-state index >= 15 is 0 Å². The quantitative estimate of drug-likeness (QED) is 0.773. The van der Waals surface area contributed by atoms with Crippen LogP contribution in [0, 0.1) is 11.3 Å². The minimum absolute atomic E-state index is 0.0995. The Balaban J connectivity index is 1.75. The zero-order valence-corrected chi connectivity index (χ0v) is 13.3. The lowest BCUT2D eigenvalue weighted by Crippen LogP contribution is -2.38. The van der Waals surface area contributed by atoms with Crippen molar-refractivity contribution in [2.45, 2.75) is 12.8 Å². The van der Waals surface area contributed by atoms with E-state index in [4.69, 9.17) is 14.7 Å². The fourth-order valence-electron chi connectivity index (χ4n) is 2.43. The van der Waals surface area contributed by atoms with Crippen molar-refractivity contribution in [3.05, 3.63) is 29.8 Å². The second kappa shape index (κ2) is 9.82. The third kappa shape index (κ3) is 6.27. The third-order valence-electron chi connectivity index (χ3n) is 3.70. The van der Waals surface area contributed by atoms with Crippen LogP contribution in [0.5, 0.6) is 5.75 Å². The number of ether oxygens (including phenoxy) is 2. The molecule has 2 rings (SSSR count). The van der Waals surface area contributed by atoms with Gasteiger partial charge in [0.2, 0.25) is 5.91 Å². The molecule has 0 aliphatic carbocycles. The van der Waals surface area contributed by atoms with Crippen molar-refractivity contribution in [2.75, 3.05) is 46.0 Å². The SMILES string of the molecule is N#CCC(=O)NCCc1ccccc1OCCN1CCOCC1. The Hall–Kier alpha value is -2.10. The maximum atomic E-state index is 11.3. The molecule has 1 aromatic rings. The molecule has 6 heteroatoms. The molecule has 0 radical (unpaired) electrons. The van der Waals surface area contributed by atoms with Crippen molar-refractivity contribution < 1.29 is 14.3 Å². The summed E-state index contributed by atoms with van der Waals surface area (Å²) in [4.78, 5) is 13.6. The molecule has 124 valence electrons. The molecule has 1 N–H and O–H groups in total. The first-order chi connectivity index (χ1) is 11.3. The summed E-state index contributed by atoms with van der Waals surface area (Å²) in [6.07, 6.45) is 0.586. The van der Waals surface area contributed by atoms with Crippen LogP contribution in [0.4, 0.5) is 0 Å². The van der Waals surface area contributed by atoms with E-state index < -0.39 is 0 Å². The van der Waals surface area contributed by atoms with E-state index in [2.05, 4.69) is 10.2 Å². The van der Waals surface area contributed by atoms with Gasteiger partial charge >= 0.3 is 0 Å². The normalized spacial score (nSPS) is 14.9. The lowest BCUT2D eigenvalue weighted by molar-refractivity contribution is -0.120. The van der Waals surface area contributed by atoms with Crippen molar-refractivity contribution in [3.63, 3.8) is 0 Å². The predicted octanol–water partition coefficient (Wildman–Crippen LogP) is 0.970. The van der Waals surface area contributed by atoms with E-state index in [1.165, 1.54) is 0 Å². The zero-order valence-electron chi connectivity index (χ0n) is 13.3. The van der Waals surface area contributed by atoms with Crippen LogP contribution in [-0.2, 0) is 16.0 Å². The summed E-state index contributed by atoms with van der Waals surface area (Å²) in [5, 5.41) is 11.2. The van der Waals surface area contributed by atoms with Crippen molar-refractivity contribution in [1.29, 1.82) is 5.26 Å². The summed E-state index contributed by atoms with van der Waals surface area (Å²) >= 11 is 0. The van der Waals surface area contributed by atoms with Crippen LogP contribution < -0.4 is 10.1 Å². The van der Waals surface area contributed by atoms with Gasteiger partial charge in [0.15, 0.2) is 0 Å². The number of nitrogens with one attached hydrogen (secondary N) is 1. The lowest BCUT2D eigenvalue weighted by atomic mass is 10.1. The Morgan fingerprint density at radius 2 is 2.13 bits per heavy atom. The first-order valence-corrected chi connectivity index (χ1v) is 7.94. The van der Waals surface area contributed by atoms with E-state index in [0.29, 0.717) is 19.6 Å². The Kier molecular flexibility index (Phi) is 7.37. The Bertz CT molecular complexity index is 536. The maximum absolute atomic E-state index is 11.3. The van der Waals surface area contributed by atoms with E-state index in [-0.39, 0.29) is 12.3 Å². The van der Waals surface area contributed by atoms with Crippen LogP contribution in [0.25, 0.3) is 0 Å². The average molecular weight is 317 g/mol. The highest BCUT2D eigenvalue weighted by atomic mass is 16.5. The molecule has 23 heavy (non-hydrogen) atoms. The summed E-state index contributed by atoms with van der Waals surface area (Å²) < 4.78 is 11.2. The molecule has 6 nitrogen and oxygen atoms in total. The van der Waals surface area contributed by atoms with Gasteiger partial charge in [-0.25, -0.2) is 0 Å². The van der Waals surface area contributed by atoms with Gasteiger partial charge in [-0.1, -0.05) is 18.2 Å². The molecule has 1 heterocycles. The molecule has 1 fully saturated rings. The minimum atomic E-state index is -0.238. The van der Waals surface area contributed by atoms with Crippen LogP contribution in [0.1, 0.15) is 12.0 Å². The van der Waals surface area contributed by atoms with Gasteiger partial charge in [-0.05, 0) is 18.1 Å². The highest BCUT2D eigenvalue weighted by Crippen LogP contribution is 2.18. The van der Waals surface area contributed by atoms with Crippen molar-refractivity contribution in [1.82, 2.24) is 10.2 Å². The first-order valence-electron chi connectivity index (χ1n) is 7.94. The third-order valence-corrected chi connectivity index (χ3v) is 3.70. The molecule has 0 spiro atoms. The number of carbonyl (C=O) groups is 1.